The third-order valence-corrected chi connectivity index (χ3v) is 7.66. The van der Waals surface area contributed by atoms with E-state index in [0.717, 1.165) is 47.5 Å². The zero-order valence-electron chi connectivity index (χ0n) is 23.8. The Morgan fingerprint density at radius 1 is 0.925 bits per heavy atom. The van der Waals surface area contributed by atoms with Crippen molar-refractivity contribution in [3.8, 4) is 11.5 Å². The maximum atomic E-state index is 11.0. The van der Waals surface area contributed by atoms with E-state index in [2.05, 4.69) is 19.1 Å². The van der Waals surface area contributed by atoms with Gasteiger partial charge < -0.3 is 24.1 Å². The van der Waals surface area contributed by atoms with Crippen molar-refractivity contribution in [2.24, 2.45) is 0 Å². The lowest BCUT2D eigenvalue weighted by Gasteiger charge is -2.36. The predicted molar refractivity (Wildman–Crippen MR) is 160 cm³/mol. The number of rotatable bonds is 15. The smallest absolute Gasteiger partial charge is 0.122 e. The molecule has 3 atom stereocenters. The van der Waals surface area contributed by atoms with Crippen LogP contribution in [0.5, 0.6) is 11.5 Å². The molecule has 0 saturated carbocycles. The van der Waals surface area contributed by atoms with Crippen molar-refractivity contribution in [2.75, 3.05) is 19.8 Å². The van der Waals surface area contributed by atoms with Crippen LogP contribution in [0.15, 0.2) is 66.7 Å². The van der Waals surface area contributed by atoms with Crippen LogP contribution < -0.4 is 4.74 Å². The van der Waals surface area contributed by atoms with Gasteiger partial charge in [-0.05, 0) is 60.7 Å². The van der Waals surface area contributed by atoms with Gasteiger partial charge in [-0.1, -0.05) is 80.3 Å². The highest BCUT2D eigenvalue weighted by Gasteiger charge is 2.33. The Hall–Kier alpha value is -2.57. The zero-order valence-corrected chi connectivity index (χ0v) is 24.6. The monoisotopic (exact) mass is 566 g/mol. The third kappa shape index (κ3) is 9.24. The van der Waals surface area contributed by atoms with E-state index in [-0.39, 0.29) is 24.1 Å². The minimum Gasteiger partial charge on any atom is -0.508 e. The number of halogens is 1. The SMILES string of the molecule is CCCCCCOCC1CC(OCc2ccccc2)CC(c2cc(Cc3ccc(OCC)cc3)c(Cl)cc2O)O1. The number of hydrogen-bond donors (Lipinski definition) is 1. The van der Waals surface area contributed by atoms with Crippen LogP contribution in [0.4, 0.5) is 0 Å². The number of phenols is 1. The van der Waals surface area contributed by atoms with E-state index < -0.39 is 0 Å². The maximum Gasteiger partial charge on any atom is 0.122 e. The highest BCUT2D eigenvalue weighted by molar-refractivity contribution is 6.31. The highest BCUT2D eigenvalue weighted by atomic mass is 35.5. The Morgan fingerprint density at radius 3 is 2.48 bits per heavy atom. The molecule has 0 aromatic heterocycles. The Kier molecular flexibility index (Phi) is 12.2. The first-order valence-corrected chi connectivity index (χ1v) is 15.0. The molecule has 4 rings (SSSR count). The number of unbranched alkanes of at least 4 members (excludes halogenated alkanes) is 3. The van der Waals surface area contributed by atoms with E-state index in [1.54, 1.807) is 6.07 Å². The van der Waals surface area contributed by atoms with Gasteiger partial charge >= 0.3 is 0 Å². The topological polar surface area (TPSA) is 57.2 Å². The average molecular weight is 567 g/mol. The summed E-state index contributed by atoms with van der Waals surface area (Å²) in [5, 5.41) is 11.5. The summed E-state index contributed by atoms with van der Waals surface area (Å²) in [5.74, 6) is 0.993. The molecule has 5 nitrogen and oxygen atoms in total. The van der Waals surface area contributed by atoms with E-state index in [9.17, 15) is 5.11 Å². The number of hydrogen-bond acceptors (Lipinski definition) is 5. The minimum atomic E-state index is -0.320. The quantitative estimate of drug-likeness (QED) is 0.187. The highest BCUT2D eigenvalue weighted by Crippen LogP contribution is 2.40. The number of aromatic hydroxyl groups is 1. The standard InChI is InChI=1S/C34H43ClO5/c1-3-5-6-10-17-37-24-30-20-29(39-23-26-11-8-7-9-12-26)21-34(40-30)31-19-27(32(35)22-33(31)36)18-25-13-15-28(16-14-25)38-4-2/h7-9,11-16,19,22,29-30,34,36H,3-6,10,17-18,20-21,23-24H2,1-2H3. The molecule has 0 amide bonds. The molecule has 40 heavy (non-hydrogen) atoms. The Bertz CT molecular complexity index is 1150. The van der Waals surface area contributed by atoms with Gasteiger partial charge in [0.25, 0.3) is 0 Å². The van der Waals surface area contributed by atoms with Gasteiger partial charge in [0.2, 0.25) is 0 Å². The van der Waals surface area contributed by atoms with Gasteiger partial charge in [0.05, 0.1) is 38.1 Å². The fraction of sp³-hybridized carbons (Fsp3) is 0.471. The zero-order chi connectivity index (χ0) is 28.2. The molecule has 3 unspecified atom stereocenters. The van der Waals surface area contributed by atoms with Gasteiger partial charge in [-0.15, -0.1) is 0 Å². The lowest BCUT2D eigenvalue weighted by Crippen LogP contribution is -2.36. The van der Waals surface area contributed by atoms with Gasteiger partial charge in [0.15, 0.2) is 0 Å². The molecule has 3 aromatic carbocycles. The van der Waals surface area contributed by atoms with E-state index in [1.165, 1.54) is 19.3 Å². The third-order valence-electron chi connectivity index (χ3n) is 7.31. The van der Waals surface area contributed by atoms with Gasteiger partial charge in [0.1, 0.15) is 11.5 Å². The van der Waals surface area contributed by atoms with Crippen LogP contribution in [0.1, 0.15) is 80.7 Å². The van der Waals surface area contributed by atoms with E-state index >= 15 is 0 Å². The molecule has 1 saturated heterocycles. The summed E-state index contributed by atoms with van der Waals surface area (Å²) in [6.07, 6.45) is 6.28. The summed E-state index contributed by atoms with van der Waals surface area (Å²) in [6, 6.07) is 21.9. The van der Waals surface area contributed by atoms with E-state index in [1.807, 2.05) is 55.5 Å². The largest absolute Gasteiger partial charge is 0.508 e. The van der Waals surface area contributed by atoms with Crippen molar-refractivity contribution in [1.82, 2.24) is 0 Å². The molecule has 1 aliphatic heterocycles. The summed E-state index contributed by atoms with van der Waals surface area (Å²) in [4.78, 5) is 0. The van der Waals surface area contributed by atoms with Crippen molar-refractivity contribution >= 4 is 11.6 Å². The molecule has 6 heteroatoms. The lowest BCUT2D eigenvalue weighted by atomic mass is 9.93. The van der Waals surface area contributed by atoms with Crippen molar-refractivity contribution in [3.05, 3.63) is 94.0 Å². The lowest BCUT2D eigenvalue weighted by molar-refractivity contribution is -0.141. The van der Waals surface area contributed by atoms with Crippen molar-refractivity contribution < 1.29 is 24.1 Å². The number of benzene rings is 3. The molecule has 0 bridgehead atoms. The van der Waals surface area contributed by atoms with Gasteiger partial charge in [-0.25, -0.2) is 0 Å². The van der Waals surface area contributed by atoms with Crippen LogP contribution in [-0.2, 0) is 27.2 Å². The van der Waals surface area contributed by atoms with Crippen LogP contribution in [0.2, 0.25) is 5.02 Å². The molecule has 0 aliphatic carbocycles. The van der Waals surface area contributed by atoms with E-state index in [0.29, 0.717) is 37.7 Å². The van der Waals surface area contributed by atoms with Gasteiger partial charge in [-0.3, -0.25) is 0 Å². The second kappa shape index (κ2) is 16.0. The minimum absolute atomic E-state index is 0.0164. The molecular formula is C34H43ClO5. The van der Waals surface area contributed by atoms with Crippen LogP contribution >= 0.6 is 11.6 Å². The normalized spacial score (nSPS) is 19.0. The molecule has 0 spiro atoms. The maximum absolute atomic E-state index is 11.0. The second-order valence-electron chi connectivity index (χ2n) is 10.5. The van der Waals surface area contributed by atoms with Gasteiger partial charge in [-0.2, -0.15) is 0 Å². The van der Waals surface area contributed by atoms with Crippen LogP contribution in [0, 0.1) is 0 Å². The molecule has 216 valence electrons. The second-order valence-corrected chi connectivity index (χ2v) is 10.9. The van der Waals surface area contributed by atoms with Gasteiger partial charge in [0, 0.05) is 30.0 Å². The van der Waals surface area contributed by atoms with E-state index in [4.69, 9.17) is 30.5 Å². The number of phenolic OH excluding ortho intramolecular Hbond substituents is 1. The Balaban J connectivity index is 1.47. The van der Waals surface area contributed by atoms with Crippen molar-refractivity contribution in [1.29, 1.82) is 0 Å². The molecular weight excluding hydrogens is 524 g/mol. The molecule has 1 N–H and O–H groups in total. The summed E-state index contributed by atoms with van der Waals surface area (Å²) < 4.78 is 24.5. The molecule has 1 heterocycles. The Morgan fingerprint density at radius 2 is 1.73 bits per heavy atom. The fourth-order valence-electron chi connectivity index (χ4n) is 5.16. The molecule has 3 aromatic rings. The fourth-order valence-corrected chi connectivity index (χ4v) is 5.38. The molecule has 1 fully saturated rings. The first kappa shape index (κ1) is 30.4. The molecule has 1 aliphatic rings. The van der Waals surface area contributed by atoms with Crippen molar-refractivity contribution in [3.63, 3.8) is 0 Å². The Labute approximate surface area is 244 Å². The summed E-state index contributed by atoms with van der Waals surface area (Å²) in [5.41, 5.74) is 3.94. The van der Waals surface area contributed by atoms with Crippen LogP contribution in [0.3, 0.4) is 0 Å². The summed E-state index contributed by atoms with van der Waals surface area (Å²) >= 11 is 6.60. The first-order chi connectivity index (χ1) is 19.6. The number of ether oxygens (including phenoxy) is 4. The first-order valence-electron chi connectivity index (χ1n) is 14.7. The van der Waals surface area contributed by atoms with Crippen molar-refractivity contribution in [2.45, 2.75) is 83.7 Å². The predicted octanol–water partition coefficient (Wildman–Crippen LogP) is 8.44. The van der Waals surface area contributed by atoms with Crippen LogP contribution in [-0.4, -0.2) is 37.1 Å². The average Bonchev–Trinajstić information content (AvgIpc) is 2.97. The van der Waals surface area contributed by atoms with Crippen LogP contribution in [0.25, 0.3) is 0 Å². The summed E-state index contributed by atoms with van der Waals surface area (Å²) in [6.45, 7) is 6.61. The summed E-state index contributed by atoms with van der Waals surface area (Å²) in [7, 11) is 0. The molecule has 0 radical (unpaired) electrons.